The van der Waals surface area contributed by atoms with Crippen LogP contribution in [0.5, 0.6) is 5.75 Å². The summed E-state index contributed by atoms with van der Waals surface area (Å²) in [6.07, 6.45) is 5.60. The number of nitrogens with one attached hydrogen (secondary N) is 2. The first kappa shape index (κ1) is 24.1. The molecule has 0 saturated carbocycles. The largest absolute Gasteiger partial charge is 0.487 e. The third-order valence-corrected chi connectivity index (χ3v) is 8.46. The van der Waals surface area contributed by atoms with Gasteiger partial charge >= 0.3 is 0 Å². The van der Waals surface area contributed by atoms with Crippen molar-refractivity contribution in [2.75, 3.05) is 31.6 Å². The Labute approximate surface area is 218 Å². The summed E-state index contributed by atoms with van der Waals surface area (Å²) in [4.78, 5) is 26.7. The number of ether oxygens (including phenoxy) is 2. The van der Waals surface area contributed by atoms with E-state index in [2.05, 4.69) is 32.4 Å². The molecule has 1 aliphatic heterocycles. The second kappa shape index (κ2) is 9.88. The number of morpholine rings is 1. The number of amides is 1. The number of H-pyrrole nitrogens is 1. The van der Waals surface area contributed by atoms with Crippen molar-refractivity contribution in [2.45, 2.75) is 45.3 Å². The fourth-order valence-corrected chi connectivity index (χ4v) is 6.53. The average Bonchev–Trinajstić information content (AvgIpc) is 3.52. The topological polar surface area (TPSA) is 131 Å². The van der Waals surface area contributed by atoms with Crippen molar-refractivity contribution in [1.82, 2.24) is 25.1 Å². The third-order valence-electron chi connectivity index (χ3n) is 7.30. The molecule has 2 aliphatic rings. The van der Waals surface area contributed by atoms with Gasteiger partial charge in [0.1, 0.15) is 28.8 Å². The number of fused-ring (bicyclic) bond motifs is 4. The molecular weight excluding hydrogens is 490 g/mol. The first-order valence-corrected chi connectivity index (χ1v) is 13.6. The molecule has 4 N–H and O–H groups in total. The molecule has 194 valence electrons. The molecule has 1 aromatic carbocycles. The van der Waals surface area contributed by atoms with Gasteiger partial charge in [0, 0.05) is 35.3 Å². The van der Waals surface area contributed by atoms with Gasteiger partial charge in [0.15, 0.2) is 0 Å². The van der Waals surface area contributed by atoms with Crippen LogP contribution >= 0.6 is 11.3 Å². The zero-order valence-electron chi connectivity index (χ0n) is 21.0. The molecule has 4 heterocycles. The van der Waals surface area contributed by atoms with Crippen LogP contribution in [0.3, 0.4) is 0 Å². The minimum Gasteiger partial charge on any atom is -0.487 e. The van der Waals surface area contributed by atoms with Crippen LogP contribution in [0.1, 0.15) is 30.7 Å². The van der Waals surface area contributed by atoms with E-state index in [1.54, 1.807) is 23.9 Å². The lowest BCUT2D eigenvalue weighted by atomic mass is 9.86. The summed E-state index contributed by atoms with van der Waals surface area (Å²) < 4.78 is 11.7. The predicted octanol–water partition coefficient (Wildman–Crippen LogP) is 3.39. The second-order valence-corrected chi connectivity index (χ2v) is 11.0. The minimum absolute atomic E-state index is 0.00766. The Morgan fingerprint density at radius 3 is 3.14 bits per heavy atom. The highest BCUT2D eigenvalue weighted by Gasteiger charge is 2.34. The maximum atomic E-state index is 13.3. The molecule has 1 saturated heterocycles. The van der Waals surface area contributed by atoms with Crippen LogP contribution < -0.4 is 15.8 Å². The molecule has 1 aliphatic carbocycles. The fraction of sp³-hybridized carbons (Fsp3) is 0.462. The Morgan fingerprint density at radius 1 is 1.41 bits per heavy atom. The fourth-order valence-electron chi connectivity index (χ4n) is 5.26. The van der Waals surface area contributed by atoms with Crippen LogP contribution in [0, 0.1) is 5.92 Å². The van der Waals surface area contributed by atoms with Gasteiger partial charge in [0.2, 0.25) is 5.91 Å². The summed E-state index contributed by atoms with van der Waals surface area (Å²) >= 11 is 1.67. The highest BCUT2D eigenvalue weighted by molar-refractivity contribution is 7.19. The minimum atomic E-state index is -0.149. The Morgan fingerprint density at radius 2 is 2.30 bits per heavy atom. The van der Waals surface area contributed by atoms with Crippen molar-refractivity contribution in [3.63, 3.8) is 0 Å². The van der Waals surface area contributed by atoms with E-state index in [4.69, 9.17) is 15.2 Å². The quantitative estimate of drug-likeness (QED) is 0.352. The van der Waals surface area contributed by atoms with Gasteiger partial charge in [0.25, 0.3) is 0 Å². The molecule has 0 bridgehead atoms. The lowest BCUT2D eigenvalue weighted by Crippen LogP contribution is -2.50. The Kier molecular flexibility index (Phi) is 6.43. The van der Waals surface area contributed by atoms with Crippen LogP contribution in [-0.4, -0.2) is 69.4 Å². The number of carbonyl (C=O) groups excluding carboxylic acids is 1. The van der Waals surface area contributed by atoms with Crippen molar-refractivity contribution >= 4 is 49.9 Å². The maximum Gasteiger partial charge on any atom is 0.226 e. The number of nitrogens with zero attached hydrogens (tertiary/aromatic N) is 4. The SMILES string of the molecule is C[C@@H]1COCCN1C(=O)[C@H]1CCc2c(sc3ncnc(Nc4cc5cn[nH]c5cc4O[C@@H](C)CN)c23)C1. The number of nitrogens with two attached hydrogens (primary N) is 1. The number of rotatable bonds is 6. The predicted molar refractivity (Wildman–Crippen MR) is 143 cm³/mol. The molecule has 0 spiro atoms. The van der Waals surface area contributed by atoms with Gasteiger partial charge < -0.3 is 25.4 Å². The number of hydrogen-bond acceptors (Lipinski definition) is 9. The van der Waals surface area contributed by atoms with Crippen LogP contribution in [0.25, 0.3) is 21.1 Å². The molecular formula is C26H31N7O3S. The molecule has 4 aromatic rings. The number of benzene rings is 1. The summed E-state index contributed by atoms with van der Waals surface area (Å²) in [5, 5.41) is 12.7. The van der Waals surface area contributed by atoms with E-state index in [1.807, 2.05) is 24.0 Å². The summed E-state index contributed by atoms with van der Waals surface area (Å²) in [6, 6.07) is 4.06. The first-order chi connectivity index (χ1) is 18.0. The maximum absolute atomic E-state index is 13.3. The molecule has 3 atom stereocenters. The van der Waals surface area contributed by atoms with Gasteiger partial charge in [-0.1, -0.05) is 0 Å². The van der Waals surface area contributed by atoms with Crippen LogP contribution in [0.15, 0.2) is 24.7 Å². The van der Waals surface area contributed by atoms with Crippen molar-refractivity contribution in [2.24, 2.45) is 11.7 Å². The molecule has 3 aromatic heterocycles. The van der Waals surface area contributed by atoms with E-state index in [0.717, 1.165) is 51.9 Å². The Hall–Kier alpha value is -3.28. The molecule has 1 amide bonds. The lowest BCUT2D eigenvalue weighted by Gasteiger charge is -2.36. The van der Waals surface area contributed by atoms with Gasteiger partial charge in [-0.05, 0) is 44.7 Å². The standard InChI is InChI=1S/C26H31N7O3S/c1-14-12-35-6-5-33(14)26(34)16-3-4-18-22(8-16)37-25-23(18)24(28-13-29-25)31-20-7-17-11-30-32-19(17)9-21(20)36-15(2)10-27/h7,9,11,13-16H,3-6,8,10,12,27H2,1-2H3,(H,30,32)(H,28,29,31)/t14-,15+,16+/m1/s1. The number of anilines is 2. The summed E-state index contributed by atoms with van der Waals surface area (Å²) in [5.74, 6) is 1.65. The van der Waals surface area contributed by atoms with E-state index in [1.165, 1.54) is 10.4 Å². The number of hydrogen-bond donors (Lipinski definition) is 3. The van der Waals surface area contributed by atoms with Crippen molar-refractivity contribution in [3.05, 3.63) is 35.1 Å². The normalized spacial score (nSPS) is 20.7. The van der Waals surface area contributed by atoms with Crippen molar-refractivity contribution in [3.8, 4) is 5.75 Å². The Bertz CT molecular complexity index is 1450. The number of aromatic amines is 1. The summed E-state index contributed by atoms with van der Waals surface area (Å²) in [6.45, 7) is 6.29. The number of carbonyl (C=O) groups is 1. The molecule has 1 fully saturated rings. The monoisotopic (exact) mass is 521 g/mol. The van der Waals surface area contributed by atoms with E-state index >= 15 is 0 Å². The molecule has 0 unspecified atom stereocenters. The van der Waals surface area contributed by atoms with Crippen molar-refractivity contribution in [1.29, 1.82) is 0 Å². The molecule has 37 heavy (non-hydrogen) atoms. The second-order valence-electron chi connectivity index (χ2n) is 9.90. The van der Waals surface area contributed by atoms with Crippen LogP contribution in [-0.2, 0) is 22.4 Å². The van der Waals surface area contributed by atoms with Crippen LogP contribution in [0.4, 0.5) is 11.5 Å². The Balaban J connectivity index is 1.32. The van der Waals surface area contributed by atoms with E-state index in [9.17, 15) is 4.79 Å². The highest BCUT2D eigenvalue weighted by Crippen LogP contribution is 2.42. The number of aryl methyl sites for hydroxylation is 1. The zero-order valence-corrected chi connectivity index (χ0v) is 21.8. The highest BCUT2D eigenvalue weighted by atomic mass is 32.1. The smallest absolute Gasteiger partial charge is 0.226 e. The third kappa shape index (κ3) is 4.51. The summed E-state index contributed by atoms with van der Waals surface area (Å²) in [7, 11) is 0. The van der Waals surface area contributed by atoms with E-state index < -0.39 is 0 Å². The van der Waals surface area contributed by atoms with Gasteiger partial charge in [-0.2, -0.15) is 5.10 Å². The van der Waals surface area contributed by atoms with E-state index in [0.29, 0.717) is 32.1 Å². The van der Waals surface area contributed by atoms with Crippen LogP contribution in [0.2, 0.25) is 0 Å². The van der Waals surface area contributed by atoms with Gasteiger partial charge in [-0.15, -0.1) is 11.3 Å². The van der Waals surface area contributed by atoms with Crippen molar-refractivity contribution < 1.29 is 14.3 Å². The zero-order chi connectivity index (χ0) is 25.5. The molecule has 0 radical (unpaired) electrons. The van der Waals surface area contributed by atoms with Gasteiger partial charge in [-0.3, -0.25) is 9.89 Å². The van der Waals surface area contributed by atoms with Gasteiger partial charge in [0.05, 0.1) is 42.0 Å². The van der Waals surface area contributed by atoms with E-state index in [-0.39, 0.29) is 24.0 Å². The summed E-state index contributed by atoms with van der Waals surface area (Å²) in [5.41, 5.74) is 8.74. The first-order valence-electron chi connectivity index (χ1n) is 12.8. The number of thiophene rings is 1. The number of aromatic nitrogens is 4. The lowest BCUT2D eigenvalue weighted by molar-refractivity contribution is -0.143. The molecule has 11 heteroatoms. The average molecular weight is 522 g/mol. The molecule has 10 nitrogen and oxygen atoms in total. The molecule has 6 rings (SSSR count). The van der Waals surface area contributed by atoms with Gasteiger partial charge in [-0.25, -0.2) is 9.97 Å².